The van der Waals surface area contributed by atoms with Gasteiger partial charge in [-0.25, -0.2) is 13.1 Å². The van der Waals surface area contributed by atoms with Gasteiger partial charge in [-0.15, -0.1) is 0 Å². The van der Waals surface area contributed by atoms with Crippen LogP contribution in [0.3, 0.4) is 0 Å². The molecular formula is C12H19N3O3S. The van der Waals surface area contributed by atoms with Gasteiger partial charge in [-0.3, -0.25) is 4.79 Å². The Kier molecular flexibility index (Phi) is 4.90. The van der Waals surface area contributed by atoms with Crippen molar-refractivity contribution in [2.45, 2.75) is 17.9 Å². The van der Waals surface area contributed by atoms with Gasteiger partial charge >= 0.3 is 0 Å². The molecule has 6 nitrogen and oxygen atoms in total. The molecular weight excluding hydrogens is 266 g/mol. The van der Waals surface area contributed by atoms with Gasteiger partial charge in [-0.2, -0.15) is 0 Å². The number of carbonyl (C=O) groups excluding carboxylic acids is 1. The highest BCUT2D eigenvalue weighted by Crippen LogP contribution is 2.21. The van der Waals surface area contributed by atoms with Crippen LogP contribution in [0, 0.1) is 0 Å². The van der Waals surface area contributed by atoms with Crippen LogP contribution in [-0.4, -0.2) is 46.4 Å². The van der Waals surface area contributed by atoms with Crippen molar-refractivity contribution in [1.82, 2.24) is 9.62 Å². The fraction of sp³-hybridized carbons (Fsp3) is 0.417. The van der Waals surface area contributed by atoms with Gasteiger partial charge in [-0.1, -0.05) is 12.1 Å². The molecule has 0 saturated carbocycles. The van der Waals surface area contributed by atoms with Crippen LogP contribution in [-0.2, 0) is 14.8 Å². The summed E-state index contributed by atoms with van der Waals surface area (Å²) in [5, 5.41) is 2.92. The summed E-state index contributed by atoms with van der Waals surface area (Å²) in [7, 11) is 1.09. The first-order chi connectivity index (χ1) is 8.79. The van der Waals surface area contributed by atoms with Gasteiger partial charge in [0.15, 0.2) is 0 Å². The summed E-state index contributed by atoms with van der Waals surface area (Å²) in [4.78, 5) is 13.3. The number of nitrogens with one attached hydrogen (secondary N) is 2. The van der Waals surface area contributed by atoms with Crippen LogP contribution in [0.15, 0.2) is 29.2 Å². The van der Waals surface area contributed by atoms with E-state index in [-0.39, 0.29) is 10.8 Å². The molecule has 0 fully saturated rings. The second kappa shape index (κ2) is 6.03. The van der Waals surface area contributed by atoms with Crippen molar-refractivity contribution in [1.29, 1.82) is 0 Å². The number of rotatable bonds is 5. The lowest BCUT2D eigenvalue weighted by Gasteiger charge is -2.20. The van der Waals surface area contributed by atoms with Crippen LogP contribution in [0.5, 0.6) is 0 Å². The molecule has 7 heteroatoms. The third kappa shape index (κ3) is 3.68. The van der Waals surface area contributed by atoms with Gasteiger partial charge in [0.2, 0.25) is 15.9 Å². The van der Waals surface area contributed by atoms with Crippen LogP contribution >= 0.6 is 0 Å². The van der Waals surface area contributed by atoms with E-state index in [1.807, 2.05) is 0 Å². The third-order valence-electron chi connectivity index (χ3n) is 2.63. The lowest BCUT2D eigenvalue weighted by Crippen LogP contribution is -2.37. The largest absolute Gasteiger partial charge is 0.373 e. The molecule has 0 aliphatic rings. The Balaban J connectivity index is 3.07. The predicted molar refractivity (Wildman–Crippen MR) is 74.5 cm³/mol. The summed E-state index contributed by atoms with van der Waals surface area (Å²) < 4.78 is 26.0. The normalized spacial score (nSPS) is 12.8. The lowest BCUT2D eigenvalue weighted by atomic mass is 10.2. The molecule has 0 aliphatic carbocycles. The van der Waals surface area contributed by atoms with Crippen molar-refractivity contribution in [3.63, 3.8) is 0 Å². The maximum absolute atomic E-state index is 11.9. The van der Waals surface area contributed by atoms with Gasteiger partial charge in [0.25, 0.3) is 0 Å². The minimum Gasteiger partial charge on any atom is -0.373 e. The number of hydrogen-bond donors (Lipinski definition) is 2. The summed E-state index contributed by atoms with van der Waals surface area (Å²) in [6, 6.07) is 5.95. The summed E-state index contributed by atoms with van der Waals surface area (Å²) in [5.41, 5.74) is 0.402. The number of likely N-dealkylation sites (N-methyl/N-ethyl adjacent to an activating group) is 1. The molecule has 1 aromatic rings. The molecule has 1 atom stereocenters. The molecule has 2 N–H and O–H groups in total. The monoisotopic (exact) mass is 285 g/mol. The number of hydrogen-bond acceptors (Lipinski definition) is 4. The Hall–Kier alpha value is -1.60. The molecule has 0 spiro atoms. The first kappa shape index (κ1) is 15.5. The third-order valence-corrected chi connectivity index (χ3v) is 4.10. The van der Waals surface area contributed by atoms with Crippen LogP contribution < -0.4 is 10.0 Å². The van der Waals surface area contributed by atoms with E-state index in [1.165, 1.54) is 18.0 Å². The Bertz CT molecular complexity index is 555. The van der Waals surface area contributed by atoms with Crippen LogP contribution in [0.25, 0.3) is 0 Å². The second-order valence-electron chi connectivity index (χ2n) is 4.30. The van der Waals surface area contributed by atoms with Crippen molar-refractivity contribution < 1.29 is 13.2 Å². The van der Waals surface area contributed by atoms with Crippen molar-refractivity contribution in [3.05, 3.63) is 24.3 Å². The molecule has 0 aliphatic heterocycles. The highest BCUT2D eigenvalue weighted by Gasteiger charge is 2.20. The zero-order valence-electron chi connectivity index (χ0n) is 11.5. The number of amides is 1. The van der Waals surface area contributed by atoms with E-state index in [1.54, 1.807) is 39.2 Å². The number of anilines is 1. The average molecular weight is 285 g/mol. The number of para-hydroxylation sites is 1. The molecule has 0 saturated heterocycles. The fourth-order valence-corrected chi connectivity index (χ4v) is 2.51. The van der Waals surface area contributed by atoms with Crippen LogP contribution in [0.2, 0.25) is 0 Å². The standard InChI is InChI=1S/C12H19N3O3S/c1-9(12(16)15(3)4)14-10-7-5-6-8-11(10)19(17,18)13-2/h5-9,13-14H,1-4H3. The number of nitrogens with zero attached hydrogens (tertiary/aromatic N) is 1. The van der Waals surface area contributed by atoms with Crippen molar-refractivity contribution in [2.75, 3.05) is 26.5 Å². The Morgan fingerprint density at radius 3 is 2.37 bits per heavy atom. The molecule has 1 unspecified atom stereocenters. The second-order valence-corrected chi connectivity index (χ2v) is 6.16. The maximum Gasteiger partial charge on any atom is 0.244 e. The molecule has 1 amide bonds. The molecule has 1 rings (SSSR count). The molecule has 0 aromatic heterocycles. The molecule has 1 aromatic carbocycles. The van der Waals surface area contributed by atoms with E-state index in [0.717, 1.165) is 0 Å². The Labute approximate surface area is 113 Å². The molecule has 0 radical (unpaired) electrons. The number of carbonyl (C=O) groups is 1. The number of benzene rings is 1. The van der Waals surface area contributed by atoms with Crippen molar-refractivity contribution >= 4 is 21.6 Å². The van der Waals surface area contributed by atoms with Gasteiger partial charge in [0.1, 0.15) is 10.9 Å². The van der Waals surface area contributed by atoms with E-state index < -0.39 is 16.1 Å². The minimum atomic E-state index is -3.56. The highest BCUT2D eigenvalue weighted by atomic mass is 32.2. The van der Waals surface area contributed by atoms with E-state index in [9.17, 15) is 13.2 Å². The van der Waals surface area contributed by atoms with Crippen LogP contribution in [0.4, 0.5) is 5.69 Å². The van der Waals surface area contributed by atoms with Crippen molar-refractivity contribution in [2.24, 2.45) is 0 Å². The van der Waals surface area contributed by atoms with Gasteiger partial charge in [0, 0.05) is 14.1 Å². The Morgan fingerprint density at radius 2 is 1.84 bits per heavy atom. The van der Waals surface area contributed by atoms with E-state index in [0.29, 0.717) is 5.69 Å². The summed E-state index contributed by atoms with van der Waals surface area (Å²) in [6.07, 6.45) is 0. The topological polar surface area (TPSA) is 78.5 Å². The SMILES string of the molecule is CNS(=O)(=O)c1ccccc1NC(C)C(=O)N(C)C. The first-order valence-corrected chi connectivity index (χ1v) is 7.28. The summed E-state index contributed by atoms with van der Waals surface area (Å²) in [6.45, 7) is 1.69. The van der Waals surface area contributed by atoms with Gasteiger partial charge < -0.3 is 10.2 Å². The zero-order chi connectivity index (χ0) is 14.6. The zero-order valence-corrected chi connectivity index (χ0v) is 12.3. The molecule has 19 heavy (non-hydrogen) atoms. The van der Waals surface area contributed by atoms with Gasteiger partial charge in [-0.05, 0) is 26.1 Å². The van der Waals surface area contributed by atoms with Crippen molar-refractivity contribution in [3.8, 4) is 0 Å². The van der Waals surface area contributed by atoms with Crippen LogP contribution in [0.1, 0.15) is 6.92 Å². The average Bonchev–Trinajstić information content (AvgIpc) is 2.38. The van der Waals surface area contributed by atoms with E-state index in [4.69, 9.17) is 0 Å². The maximum atomic E-state index is 11.9. The molecule has 0 bridgehead atoms. The smallest absolute Gasteiger partial charge is 0.244 e. The minimum absolute atomic E-state index is 0.121. The van der Waals surface area contributed by atoms with E-state index >= 15 is 0 Å². The first-order valence-electron chi connectivity index (χ1n) is 5.80. The Morgan fingerprint density at radius 1 is 1.26 bits per heavy atom. The number of sulfonamides is 1. The molecule has 0 heterocycles. The highest BCUT2D eigenvalue weighted by molar-refractivity contribution is 7.89. The quantitative estimate of drug-likeness (QED) is 0.825. The predicted octanol–water partition coefficient (Wildman–Crippen LogP) is 0.483. The molecule has 106 valence electrons. The lowest BCUT2D eigenvalue weighted by molar-refractivity contribution is -0.129. The fourth-order valence-electron chi connectivity index (χ4n) is 1.61. The summed E-state index contributed by atoms with van der Waals surface area (Å²) >= 11 is 0. The van der Waals surface area contributed by atoms with Gasteiger partial charge in [0.05, 0.1) is 5.69 Å². The summed E-state index contributed by atoms with van der Waals surface area (Å²) in [5.74, 6) is -0.128. The van der Waals surface area contributed by atoms with E-state index in [2.05, 4.69) is 10.0 Å².